The zero-order valence-corrected chi connectivity index (χ0v) is 12.0. The van der Waals surface area contributed by atoms with Gasteiger partial charge in [-0.05, 0) is 0 Å². The van der Waals surface area contributed by atoms with E-state index in [2.05, 4.69) is 27.9 Å². The number of amides is 1. The largest absolute Gasteiger partial charge is 0.348 e. The van der Waals surface area contributed by atoms with Gasteiger partial charge in [0.2, 0.25) is 11.0 Å². The lowest BCUT2D eigenvalue weighted by Crippen LogP contribution is -2.41. The lowest BCUT2D eigenvalue weighted by atomic mass is 10.2. The van der Waals surface area contributed by atoms with Crippen molar-refractivity contribution in [2.75, 3.05) is 6.54 Å². The summed E-state index contributed by atoms with van der Waals surface area (Å²) in [5, 5.41) is 2.17. The molecule has 0 aliphatic heterocycles. The number of carbonyl (C=O) groups excluding carboxylic acids is 2. The van der Waals surface area contributed by atoms with E-state index in [0.29, 0.717) is 6.42 Å². The fraction of sp³-hybridized carbons (Fsp3) is 0.444. The Morgan fingerprint density at radius 3 is 2.61 bits per heavy atom. The maximum Gasteiger partial charge on any atom is 0.221 e. The molecule has 104 valence electrons. The lowest BCUT2D eigenvalue weighted by Gasteiger charge is -2.13. The number of hydrogen-bond acceptors (Lipinski definition) is 4. The molecule has 0 aromatic carbocycles. The number of thiol groups is 1. The summed E-state index contributed by atoms with van der Waals surface area (Å²) >= 11 is 3.73. The molecule has 1 aromatic rings. The second kappa shape index (κ2) is 10.2. The maximum absolute atomic E-state index is 11.3. The van der Waals surface area contributed by atoms with E-state index in [9.17, 15) is 9.59 Å². The molecule has 0 saturated carbocycles. The summed E-state index contributed by atoms with van der Waals surface area (Å²) in [4.78, 5) is 29.2. The minimum atomic E-state index is -0.650. The Kier molecular flexibility index (Phi) is 11.1. The molecule has 1 heterocycles. The van der Waals surface area contributed by atoms with Gasteiger partial charge in [-0.2, -0.15) is 0 Å². The molecule has 18 heavy (non-hydrogen) atoms. The van der Waals surface area contributed by atoms with Gasteiger partial charge in [-0.3, -0.25) is 9.59 Å². The van der Waals surface area contributed by atoms with E-state index in [0.717, 1.165) is 5.69 Å². The van der Waals surface area contributed by atoms with Crippen LogP contribution in [0.15, 0.2) is 12.5 Å². The molecule has 4 N–H and O–H groups in total. The minimum absolute atomic E-state index is 0. The molecule has 0 aliphatic carbocycles. The van der Waals surface area contributed by atoms with Gasteiger partial charge >= 0.3 is 0 Å². The summed E-state index contributed by atoms with van der Waals surface area (Å²) in [6.45, 7) is 0.253. The van der Waals surface area contributed by atoms with Crippen LogP contribution in [0, 0.1) is 0 Å². The molecule has 1 rings (SSSR count). The Morgan fingerprint density at radius 1 is 1.50 bits per heavy atom. The summed E-state index contributed by atoms with van der Waals surface area (Å²) in [6, 6.07) is -0.650. The molecule has 0 bridgehead atoms. The van der Waals surface area contributed by atoms with Gasteiger partial charge < -0.3 is 16.0 Å². The van der Waals surface area contributed by atoms with Crippen molar-refractivity contribution in [3.05, 3.63) is 18.2 Å². The van der Waals surface area contributed by atoms with Crippen molar-refractivity contribution in [2.45, 2.75) is 18.9 Å². The van der Waals surface area contributed by atoms with Crippen molar-refractivity contribution in [3.63, 3.8) is 0 Å². The fourth-order valence-corrected chi connectivity index (χ4v) is 1.37. The summed E-state index contributed by atoms with van der Waals surface area (Å²) in [5.74, 6) is -0.255. The van der Waals surface area contributed by atoms with Crippen LogP contribution in [0.5, 0.6) is 0 Å². The Balaban J connectivity index is 0. The van der Waals surface area contributed by atoms with Crippen LogP contribution in [0.3, 0.4) is 0 Å². The van der Waals surface area contributed by atoms with Crippen LogP contribution >= 0.6 is 37.4 Å². The highest BCUT2D eigenvalue weighted by Crippen LogP contribution is 2.02. The van der Waals surface area contributed by atoms with Crippen molar-refractivity contribution < 1.29 is 9.59 Å². The fourth-order valence-electron chi connectivity index (χ4n) is 1.21. The zero-order chi connectivity index (χ0) is 12.0. The molecular weight excluding hydrogens is 299 g/mol. The molecule has 0 spiro atoms. The average Bonchev–Trinajstić information content (AvgIpc) is 2.69. The monoisotopic (exact) mass is 314 g/mol. The van der Waals surface area contributed by atoms with Crippen LogP contribution < -0.4 is 11.1 Å². The van der Waals surface area contributed by atoms with Crippen LogP contribution in [-0.4, -0.2) is 33.6 Å². The molecule has 9 heteroatoms. The predicted molar refractivity (Wildman–Crippen MR) is 76.4 cm³/mol. The number of hydrogen-bond donors (Lipinski definition) is 4. The van der Waals surface area contributed by atoms with E-state index < -0.39 is 6.04 Å². The van der Waals surface area contributed by atoms with Crippen molar-refractivity contribution in [1.29, 1.82) is 0 Å². The highest BCUT2D eigenvalue weighted by atomic mass is 35.5. The molecule has 0 aliphatic rings. The van der Waals surface area contributed by atoms with Gasteiger partial charge in [0.15, 0.2) is 0 Å². The Morgan fingerprint density at radius 2 is 2.17 bits per heavy atom. The van der Waals surface area contributed by atoms with Crippen LogP contribution in [0.25, 0.3) is 0 Å². The Labute approximate surface area is 123 Å². The Bertz CT molecular complexity index is 361. The van der Waals surface area contributed by atoms with Crippen molar-refractivity contribution >= 4 is 48.5 Å². The molecule has 6 nitrogen and oxygen atoms in total. The quantitative estimate of drug-likeness (QED) is 0.559. The van der Waals surface area contributed by atoms with Gasteiger partial charge in [0, 0.05) is 31.3 Å². The number of carbonyl (C=O) groups is 2. The molecule has 1 amide bonds. The predicted octanol–water partition coefficient (Wildman–Crippen LogP) is 0.0858. The maximum atomic E-state index is 11.3. The van der Waals surface area contributed by atoms with Crippen LogP contribution in [0.4, 0.5) is 0 Å². The van der Waals surface area contributed by atoms with E-state index in [1.54, 1.807) is 6.20 Å². The van der Waals surface area contributed by atoms with Gasteiger partial charge in [-0.1, -0.05) is 0 Å². The first-order valence-electron chi connectivity index (χ1n) is 4.83. The van der Waals surface area contributed by atoms with Crippen molar-refractivity contribution in [2.24, 2.45) is 5.73 Å². The second-order valence-corrected chi connectivity index (χ2v) is 3.72. The van der Waals surface area contributed by atoms with Gasteiger partial charge in [0.25, 0.3) is 0 Å². The number of nitrogens with one attached hydrogen (secondary N) is 2. The molecule has 0 saturated heterocycles. The smallest absolute Gasteiger partial charge is 0.221 e. The first-order valence-corrected chi connectivity index (χ1v) is 5.27. The third-order valence-electron chi connectivity index (χ3n) is 1.98. The van der Waals surface area contributed by atoms with E-state index in [1.807, 2.05) is 0 Å². The van der Waals surface area contributed by atoms with Crippen LogP contribution in [0.1, 0.15) is 12.1 Å². The summed E-state index contributed by atoms with van der Waals surface area (Å²) in [7, 11) is 0. The van der Waals surface area contributed by atoms with Crippen molar-refractivity contribution in [1.82, 2.24) is 15.3 Å². The molecule has 0 radical (unpaired) electrons. The number of aromatic nitrogens is 2. The minimum Gasteiger partial charge on any atom is -0.348 e. The van der Waals surface area contributed by atoms with Gasteiger partial charge in [-0.15, -0.1) is 37.4 Å². The van der Waals surface area contributed by atoms with E-state index in [1.165, 1.54) is 6.33 Å². The average molecular weight is 315 g/mol. The molecule has 1 aromatic heterocycles. The first kappa shape index (κ1) is 19.6. The topological polar surface area (TPSA) is 101 Å². The molecule has 0 fully saturated rings. The van der Waals surface area contributed by atoms with E-state index in [4.69, 9.17) is 5.73 Å². The third-order valence-corrected chi connectivity index (χ3v) is 2.30. The van der Waals surface area contributed by atoms with E-state index in [-0.39, 0.29) is 48.8 Å². The van der Waals surface area contributed by atoms with Gasteiger partial charge in [0.05, 0.1) is 6.33 Å². The van der Waals surface area contributed by atoms with Crippen LogP contribution in [-0.2, 0) is 16.0 Å². The number of halogens is 2. The highest BCUT2D eigenvalue weighted by Gasteiger charge is 2.18. The zero-order valence-electron chi connectivity index (χ0n) is 9.46. The Hall–Kier alpha value is -0.760. The van der Waals surface area contributed by atoms with Crippen molar-refractivity contribution in [3.8, 4) is 0 Å². The highest BCUT2D eigenvalue weighted by molar-refractivity contribution is 7.96. The number of aromatic amines is 1. The standard InChI is InChI=1S/C9H14N4O2S.2ClH/c10-2-1-8(14)13-7(9(15)16)3-6-4-11-5-12-6;;/h4-5,7H,1-3,10H2,(H,11,12)(H,13,14)(H,15,16);2*1H. The first-order chi connectivity index (χ1) is 7.63. The third kappa shape index (κ3) is 6.85. The molecule has 1 atom stereocenters. The summed E-state index contributed by atoms with van der Waals surface area (Å²) in [6.07, 6.45) is 3.65. The summed E-state index contributed by atoms with van der Waals surface area (Å²) in [5.41, 5.74) is 6.00. The number of imidazole rings is 1. The van der Waals surface area contributed by atoms with Gasteiger partial charge in [-0.25, -0.2) is 4.98 Å². The SMILES string of the molecule is Cl.Cl.NCCC(=O)NC(Cc1cnc[nH]1)C(=O)S. The van der Waals surface area contributed by atoms with Gasteiger partial charge in [0.1, 0.15) is 6.04 Å². The second-order valence-electron chi connectivity index (χ2n) is 3.28. The molecular formula is C9H16Cl2N4O2S. The number of rotatable bonds is 6. The number of nitrogens with two attached hydrogens (primary N) is 1. The van der Waals surface area contributed by atoms with E-state index >= 15 is 0 Å². The number of nitrogens with zero attached hydrogens (tertiary/aromatic N) is 1. The lowest BCUT2D eigenvalue weighted by molar-refractivity contribution is -0.124. The molecule has 1 unspecified atom stereocenters. The normalized spacial score (nSPS) is 10.8. The number of H-pyrrole nitrogens is 1. The van der Waals surface area contributed by atoms with Crippen LogP contribution in [0.2, 0.25) is 0 Å². The summed E-state index contributed by atoms with van der Waals surface area (Å²) < 4.78 is 0.